The van der Waals surface area contributed by atoms with Gasteiger partial charge in [0.25, 0.3) is 0 Å². The van der Waals surface area contributed by atoms with Crippen molar-refractivity contribution in [3.8, 4) is 0 Å². The summed E-state index contributed by atoms with van der Waals surface area (Å²) >= 11 is 0. The number of rotatable bonds is 13. The van der Waals surface area contributed by atoms with Gasteiger partial charge in [0.05, 0.1) is 5.71 Å². The van der Waals surface area contributed by atoms with E-state index in [0.29, 0.717) is 25.7 Å². The van der Waals surface area contributed by atoms with E-state index in [2.05, 4.69) is 10.3 Å². The van der Waals surface area contributed by atoms with E-state index in [0.717, 1.165) is 17.7 Å². The van der Waals surface area contributed by atoms with Crippen LogP contribution in [0.25, 0.3) is 0 Å². The molecule has 200 valence electrons. The summed E-state index contributed by atoms with van der Waals surface area (Å²) in [6, 6.07) is 9.15. The van der Waals surface area contributed by atoms with E-state index >= 15 is 0 Å². The predicted octanol–water partition coefficient (Wildman–Crippen LogP) is 4.18. The molecule has 10 heteroatoms. The van der Waals surface area contributed by atoms with E-state index in [4.69, 9.17) is 19.4 Å². The summed E-state index contributed by atoms with van der Waals surface area (Å²) in [6.07, 6.45) is 2.16. The van der Waals surface area contributed by atoms with Crippen molar-refractivity contribution in [3.63, 3.8) is 0 Å². The SMILES string of the molecule is CCC(C)=NO.CCCC(=O)OCC(OC(=O)CCC)C(OC(CCC)=NO)c1ccccc1.[SiH4]. The summed E-state index contributed by atoms with van der Waals surface area (Å²) < 4.78 is 16.8. The van der Waals surface area contributed by atoms with Crippen molar-refractivity contribution in [2.75, 3.05) is 6.61 Å². The average Bonchev–Trinajstić information content (AvgIpc) is 2.85. The minimum Gasteiger partial charge on any atom is -0.466 e. The van der Waals surface area contributed by atoms with E-state index in [1.54, 1.807) is 6.92 Å². The van der Waals surface area contributed by atoms with Gasteiger partial charge in [0.15, 0.2) is 12.2 Å². The molecule has 1 aromatic rings. The molecule has 0 aliphatic heterocycles. The van der Waals surface area contributed by atoms with E-state index in [-0.39, 0.29) is 42.3 Å². The minimum atomic E-state index is -0.865. The number of esters is 2. The molecule has 0 aliphatic carbocycles. The van der Waals surface area contributed by atoms with Crippen LogP contribution in [0.2, 0.25) is 0 Å². The molecule has 0 saturated carbocycles. The second kappa shape index (κ2) is 21.6. The van der Waals surface area contributed by atoms with Crippen molar-refractivity contribution in [3.05, 3.63) is 35.9 Å². The molecule has 2 N–H and O–H groups in total. The van der Waals surface area contributed by atoms with Gasteiger partial charge in [-0.25, -0.2) is 0 Å². The first kappa shape index (κ1) is 34.3. The van der Waals surface area contributed by atoms with Crippen molar-refractivity contribution in [2.45, 2.75) is 91.8 Å². The highest BCUT2D eigenvalue weighted by Gasteiger charge is 2.31. The molecular formula is C25H44N2O7Si. The summed E-state index contributed by atoms with van der Waals surface area (Å²) in [5, 5.41) is 23.3. The van der Waals surface area contributed by atoms with Gasteiger partial charge in [-0.15, -0.1) is 0 Å². The average molecular weight is 513 g/mol. The largest absolute Gasteiger partial charge is 0.466 e. The van der Waals surface area contributed by atoms with Gasteiger partial charge in [0.2, 0.25) is 5.90 Å². The highest BCUT2D eigenvalue weighted by Crippen LogP contribution is 2.26. The van der Waals surface area contributed by atoms with Crippen LogP contribution in [-0.4, -0.2) is 57.6 Å². The summed E-state index contributed by atoms with van der Waals surface area (Å²) in [5.74, 6) is -0.634. The molecular weight excluding hydrogens is 468 g/mol. The number of nitrogens with zero attached hydrogens (tertiary/aromatic N) is 2. The zero-order valence-corrected chi connectivity index (χ0v) is 21.0. The number of hydrogen-bond acceptors (Lipinski definition) is 9. The molecule has 0 spiro atoms. The van der Waals surface area contributed by atoms with Crippen LogP contribution < -0.4 is 0 Å². The van der Waals surface area contributed by atoms with Crippen LogP contribution in [0.15, 0.2) is 40.6 Å². The smallest absolute Gasteiger partial charge is 0.306 e. The lowest BCUT2D eigenvalue weighted by molar-refractivity contribution is -0.166. The van der Waals surface area contributed by atoms with Gasteiger partial charge in [-0.05, 0) is 49.1 Å². The van der Waals surface area contributed by atoms with Crippen molar-refractivity contribution in [2.24, 2.45) is 10.3 Å². The van der Waals surface area contributed by atoms with Crippen LogP contribution >= 0.6 is 0 Å². The normalized spacial score (nSPS) is 12.8. The molecule has 0 heterocycles. The fourth-order valence-corrected chi connectivity index (χ4v) is 2.63. The molecule has 2 unspecified atom stereocenters. The van der Waals surface area contributed by atoms with E-state index in [1.165, 1.54) is 0 Å². The lowest BCUT2D eigenvalue weighted by atomic mass is 10.0. The number of ether oxygens (including phenoxy) is 3. The van der Waals surface area contributed by atoms with Gasteiger partial charge in [-0.2, -0.15) is 0 Å². The first-order chi connectivity index (χ1) is 16.4. The van der Waals surface area contributed by atoms with Crippen molar-refractivity contribution < 1.29 is 34.2 Å². The molecule has 35 heavy (non-hydrogen) atoms. The van der Waals surface area contributed by atoms with E-state index in [1.807, 2.05) is 58.0 Å². The van der Waals surface area contributed by atoms with Gasteiger partial charge in [-0.1, -0.05) is 68.3 Å². The van der Waals surface area contributed by atoms with Gasteiger partial charge in [-0.3, -0.25) is 9.59 Å². The molecule has 0 bridgehead atoms. The van der Waals surface area contributed by atoms with Crippen LogP contribution in [0.5, 0.6) is 0 Å². The van der Waals surface area contributed by atoms with Crippen LogP contribution in [0, 0.1) is 0 Å². The Hall–Kier alpha value is -2.88. The number of benzene rings is 1. The number of carbonyl (C=O) groups excluding carboxylic acids is 2. The second-order valence-corrected chi connectivity index (χ2v) is 7.59. The van der Waals surface area contributed by atoms with Gasteiger partial charge in [0, 0.05) is 19.3 Å². The Morgan fingerprint density at radius 1 is 0.857 bits per heavy atom. The van der Waals surface area contributed by atoms with Crippen molar-refractivity contribution in [1.29, 1.82) is 0 Å². The Morgan fingerprint density at radius 3 is 1.89 bits per heavy atom. The van der Waals surface area contributed by atoms with Crippen LogP contribution in [0.4, 0.5) is 0 Å². The Balaban J connectivity index is 0. The molecule has 2 atom stereocenters. The molecule has 9 nitrogen and oxygen atoms in total. The van der Waals surface area contributed by atoms with Crippen LogP contribution in [0.3, 0.4) is 0 Å². The molecule has 0 radical (unpaired) electrons. The predicted molar refractivity (Wildman–Crippen MR) is 142 cm³/mol. The van der Waals surface area contributed by atoms with Gasteiger partial charge >= 0.3 is 11.9 Å². The summed E-state index contributed by atoms with van der Waals surface area (Å²) in [7, 11) is 0. The third-order valence-electron chi connectivity index (χ3n) is 4.59. The third kappa shape index (κ3) is 15.6. The highest BCUT2D eigenvalue weighted by atomic mass is 28.1. The van der Waals surface area contributed by atoms with Crippen LogP contribution in [0.1, 0.15) is 91.2 Å². The molecule has 1 rings (SSSR count). The summed E-state index contributed by atoms with van der Waals surface area (Å²) in [5.41, 5.74) is 1.50. The topological polar surface area (TPSA) is 127 Å². The quantitative estimate of drug-likeness (QED) is 0.101. The van der Waals surface area contributed by atoms with Gasteiger partial charge in [0.1, 0.15) is 6.61 Å². The number of oxime groups is 2. The van der Waals surface area contributed by atoms with Crippen molar-refractivity contribution >= 4 is 34.5 Å². The number of hydrogen-bond donors (Lipinski definition) is 2. The first-order valence-electron chi connectivity index (χ1n) is 11.8. The molecule has 0 fully saturated rings. The fraction of sp³-hybridized carbons (Fsp3) is 0.600. The molecule has 0 amide bonds. The molecule has 0 aromatic heterocycles. The minimum absolute atomic E-state index is 0. The van der Waals surface area contributed by atoms with E-state index in [9.17, 15) is 14.8 Å². The standard InChI is InChI=1S/C21H31NO6.C4H9NO.H4Si/c1-4-10-18(22-25)28-21(16-13-8-7-9-14-16)17(27-20(24)12-6-3)15-26-19(23)11-5-2;1-3-4(2)5-6;/h7-9,13-14,17,21,25H,4-6,10-12,15H2,1-3H3;6H,3H2,1-2H3;1H4. The van der Waals surface area contributed by atoms with E-state index < -0.39 is 18.2 Å². The maximum Gasteiger partial charge on any atom is 0.306 e. The number of carbonyl (C=O) groups is 2. The zero-order chi connectivity index (χ0) is 25.8. The Kier molecular flexibility index (Phi) is 21.2. The maximum atomic E-state index is 12.1. The Morgan fingerprint density at radius 2 is 1.43 bits per heavy atom. The highest BCUT2D eigenvalue weighted by molar-refractivity contribution is 5.80. The lowest BCUT2D eigenvalue weighted by Crippen LogP contribution is -2.34. The van der Waals surface area contributed by atoms with Crippen LogP contribution in [-0.2, 0) is 23.8 Å². The lowest BCUT2D eigenvalue weighted by Gasteiger charge is -2.28. The van der Waals surface area contributed by atoms with Crippen molar-refractivity contribution in [1.82, 2.24) is 0 Å². The molecule has 1 aromatic carbocycles. The fourth-order valence-electron chi connectivity index (χ4n) is 2.63. The molecule has 0 aliphatic rings. The second-order valence-electron chi connectivity index (χ2n) is 7.59. The first-order valence-corrected chi connectivity index (χ1v) is 11.8. The Labute approximate surface area is 213 Å². The zero-order valence-electron chi connectivity index (χ0n) is 21.0. The summed E-state index contributed by atoms with van der Waals surface area (Å²) in [6.45, 7) is 9.26. The van der Waals surface area contributed by atoms with Gasteiger partial charge < -0.3 is 24.6 Å². The Bertz CT molecular complexity index is 757. The summed E-state index contributed by atoms with van der Waals surface area (Å²) in [4.78, 5) is 24.0. The molecule has 0 saturated heterocycles. The monoisotopic (exact) mass is 512 g/mol. The third-order valence-corrected chi connectivity index (χ3v) is 4.59. The maximum absolute atomic E-state index is 12.1.